The van der Waals surface area contributed by atoms with E-state index in [9.17, 15) is 14.4 Å². The molecule has 0 spiro atoms. The number of ether oxygens (including phenoxy) is 1. The number of piperazine rings is 1. The lowest BCUT2D eigenvalue weighted by Gasteiger charge is -2.25. The summed E-state index contributed by atoms with van der Waals surface area (Å²) in [7, 11) is 0. The number of imide groups is 1. The summed E-state index contributed by atoms with van der Waals surface area (Å²) in [5, 5.41) is 2.16. The Labute approximate surface area is 99.3 Å². The van der Waals surface area contributed by atoms with Gasteiger partial charge in [0.1, 0.15) is 13.1 Å². The van der Waals surface area contributed by atoms with Crippen LogP contribution < -0.4 is 5.32 Å². The van der Waals surface area contributed by atoms with Crippen LogP contribution in [0, 0.1) is 0 Å². The van der Waals surface area contributed by atoms with Gasteiger partial charge in [-0.05, 0) is 19.3 Å². The van der Waals surface area contributed by atoms with Crippen LogP contribution in [0.2, 0.25) is 0 Å². The first-order valence-corrected chi connectivity index (χ1v) is 5.87. The molecule has 1 N–H and O–H groups in total. The minimum atomic E-state index is -0.410. The molecule has 1 unspecified atom stereocenters. The summed E-state index contributed by atoms with van der Waals surface area (Å²) in [4.78, 5) is 35.3. The van der Waals surface area contributed by atoms with Crippen LogP contribution in [0.25, 0.3) is 0 Å². The first-order chi connectivity index (χ1) is 8.15. The van der Waals surface area contributed by atoms with Crippen LogP contribution in [-0.2, 0) is 19.1 Å². The number of rotatable bonds is 3. The highest BCUT2D eigenvalue weighted by Gasteiger charge is 2.27. The molecular weight excluding hydrogens is 224 g/mol. The van der Waals surface area contributed by atoms with E-state index in [-0.39, 0.29) is 25.1 Å². The average molecular weight is 240 g/mol. The number of hydrogen-bond donors (Lipinski definition) is 1. The smallest absolute Gasteiger partial charge is 0.246 e. The van der Waals surface area contributed by atoms with Crippen LogP contribution >= 0.6 is 0 Å². The molecule has 0 aliphatic carbocycles. The second kappa shape index (κ2) is 5.27. The molecule has 2 aliphatic rings. The van der Waals surface area contributed by atoms with Crippen molar-refractivity contribution in [2.45, 2.75) is 31.8 Å². The van der Waals surface area contributed by atoms with Crippen molar-refractivity contribution in [2.24, 2.45) is 0 Å². The topological polar surface area (TPSA) is 75.7 Å². The summed E-state index contributed by atoms with van der Waals surface area (Å²) >= 11 is 0. The van der Waals surface area contributed by atoms with E-state index >= 15 is 0 Å². The zero-order valence-corrected chi connectivity index (χ0v) is 9.61. The maximum absolute atomic E-state index is 11.8. The zero-order valence-electron chi connectivity index (χ0n) is 9.61. The minimum absolute atomic E-state index is 0.0178. The van der Waals surface area contributed by atoms with Gasteiger partial charge in [0.15, 0.2) is 0 Å². The molecule has 2 fully saturated rings. The van der Waals surface area contributed by atoms with Crippen LogP contribution in [0.4, 0.5) is 0 Å². The third-order valence-corrected chi connectivity index (χ3v) is 3.00. The Bertz CT molecular complexity index is 320. The van der Waals surface area contributed by atoms with E-state index < -0.39 is 11.8 Å². The highest BCUT2D eigenvalue weighted by Crippen LogP contribution is 2.17. The van der Waals surface area contributed by atoms with Gasteiger partial charge < -0.3 is 9.64 Å². The van der Waals surface area contributed by atoms with Gasteiger partial charge in [-0.3, -0.25) is 19.7 Å². The lowest BCUT2D eigenvalue weighted by molar-refractivity contribution is -0.145. The van der Waals surface area contributed by atoms with Gasteiger partial charge in [-0.2, -0.15) is 0 Å². The van der Waals surface area contributed by atoms with E-state index in [0.29, 0.717) is 12.8 Å². The molecule has 1 atom stereocenters. The molecular formula is C11H16N2O4. The summed E-state index contributed by atoms with van der Waals surface area (Å²) in [6.07, 6.45) is 3.21. The first kappa shape index (κ1) is 12.0. The predicted molar refractivity (Wildman–Crippen MR) is 57.9 cm³/mol. The monoisotopic (exact) mass is 240 g/mol. The van der Waals surface area contributed by atoms with Gasteiger partial charge in [0.2, 0.25) is 17.7 Å². The third kappa shape index (κ3) is 3.26. The van der Waals surface area contributed by atoms with Crippen molar-refractivity contribution in [3.05, 3.63) is 0 Å². The van der Waals surface area contributed by atoms with Crippen LogP contribution in [0.15, 0.2) is 0 Å². The summed E-state index contributed by atoms with van der Waals surface area (Å²) in [5.41, 5.74) is 0. The molecule has 2 heterocycles. The van der Waals surface area contributed by atoms with E-state index in [1.165, 1.54) is 4.90 Å². The van der Waals surface area contributed by atoms with Gasteiger partial charge in [0.05, 0.1) is 6.10 Å². The van der Waals surface area contributed by atoms with Crippen LogP contribution in [0.1, 0.15) is 25.7 Å². The van der Waals surface area contributed by atoms with Crippen LogP contribution in [-0.4, -0.2) is 48.4 Å². The summed E-state index contributed by atoms with van der Waals surface area (Å²) in [6.45, 7) is 0.732. The number of amides is 3. The molecule has 2 aliphatic heterocycles. The van der Waals surface area contributed by atoms with Crippen molar-refractivity contribution >= 4 is 17.7 Å². The lowest BCUT2D eigenvalue weighted by Crippen LogP contribution is -2.53. The predicted octanol–water partition coefficient (Wildman–Crippen LogP) is -0.569. The maximum Gasteiger partial charge on any atom is 0.246 e. The number of carbonyl (C=O) groups is 3. The third-order valence-electron chi connectivity index (χ3n) is 3.00. The van der Waals surface area contributed by atoms with Crippen molar-refractivity contribution in [1.82, 2.24) is 10.2 Å². The molecule has 2 rings (SSSR count). The molecule has 0 bridgehead atoms. The molecule has 6 heteroatoms. The molecule has 0 aromatic carbocycles. The Balaban J connectivity index is 1.78. The highest BCUT2D eigenvalue weighted by atomic mass is 16.5. The Hall–Kier alpha value is -1.43. The van der Waals surface area contributed by atoms with E-state index in [1.54, 1.807) is 0 Å². The Morgan fingerprint density at radius 2 is 2.06 bits per heavy atom. The number of hydrogen-bond acceptors (Lipinski definition) is 4. The molecule has 0 radical (unpaired) electrons. The van der Waals surface area contributed by atoms with Gasteiger partial charge >= 0.3 is 0 Å². The van der Waals surface area contributed by atoms with Gasteiger partial charge in [0, 0.05) is 13.0 Å². The minimum Gasteiger partial charge on any atom is -0.378 e. The van der Waals surface area contributed by atoms with Crippen molar-refractivity contribution in [2.75, 3.05) is 19.7 Å². The SMILES string of the molecule is O=C1CN(C(=O)CCC2CCCO2)CC(=O)N1. The fraction of sp³-hybridized carbons (Fsp3) is 0.727. The summed E-state index contributed by atoms with van der Waals surface area (Å²) in [5.74, 6) is -0.970. The maximum atomic E-state index is 11.8. The van der Waals surface area contributed by atoms with E-state index in [1.807, 2.05) is 0 Å². The normalized spacial score (nSPS) is 24.9. The lowest BCUT2D eigenvalue weighted by atomic mass is 10.1. The second-order valence-electron chi connectivity index (χ2n) is 4.39. The molecule has 0 saturated carbocycles. The van der Waals surface area contributed by atoms with Crippen LogP contribution in [0.3, 0.4) is 0 Å². The Morgan fingerprint density at radius 1 is 1.35 bits per heavy atom. The summed E-state index contributed by atoms with van der Waals surface area (Å²) in [6, 6.07) is 0. The zero-order chi connectivity index (χ0) is 12.3. The molecule has 6 nitrogen and oxygen atoms in total. The van der Waals surface area contributed by atoms with Crippen molar-refractivity contribution in [1.29, 1.82) is 0 Å². The molecule has 0 aromatic heterocycles. The quantitative estimate of drug-likeness (QED) is 0.670. The van der Waals surface area contributed by atoms with Gasteiger partial charge in [-0.25, -0.2) is 0 Å². The van der Waals surface area contributed by atoms with E-state index in [4.69, 9.17) is 4.74 Å². The molecule has 3 amide bonds. The van der Waals surface area contributed by atoms with Crippen molar-refractivity contribution < 1.29 is 19.1 Å². The Morgan fingerprint density at radius 3 is 2.65 bits per heavy atom. The highest BCUT2D eigenvalue weighted by molar-refractivity contribution is 6.02. The standard InChI is InChI=1S/C11H16N2O4/c14-9-6-13(7-10(15)12-9)11(16)4-3-8-2-1-5-17-8/h8H,1-7H2,(H,12,14,15). The molecule has 94 valence electrons. The fourth-order valence-corrected chi connectivity index (χ4v) is 2.13. The van der Waals surface area contributed by atoms with Gasteiger partial charge in [-0.15, -0.1) is 0 Å². The molecule has 2 saturated heterocycles. The van der Waals surface area contributed by atoms with E-state index in [2.05, 4.69) is 5.32 Å². The van der Waals surface area contributed by atoms with Gasteiger partial charge in [-0.1, -0.05) is 0 Å². The average Bonchev–Trinajstić information content (AvgIpc) is 2.77. The van der Waals surface area contributed by atoms with Gasteiger partial charge in [0.25, 0.3) is 0 Å². The Kier molecular flexibility index (Phi) is 3.73. The number of nitrogens with one attached hydrogen (secondary N) is 1. The largest absolute Gasteiger partial charge is 0.378 e. The molecule has 17 heavy (non-hydrogen) atoms. The van der Waals surface area contributed by atoms with Crippen molar-refractivity contribution in [3.8, 4) is 0 Å². The fourth-order valence-electron chi connectivity index (χ4n) is 2.13. The number of carbonyl (C=O) groups excluding carboxylic acids is 3. The summed E-state index contributed by atoms with van der Waals surface area (Å²) < 4.78 is 5.42. The first-order valence-electron chi connectivity index (χ1n) is 5.87. The second-order valence-corrected chi connectivity index (χ2v) is 4.39. The van der Waals surface area contributed by atoms with E-state index in [0.717, 1.165) is 19.4 Å². The van der Waals surface area contributed by atoms with Crippen molar-refractivity contribution in [3.63, 3.8) is 0 Å². The molecule has 0 aromatic rings. The van der Waals surface area contributed by atoms with Crippen LogP contribution in [0.5, 0.6) is 0 Å². The number of nitrogens with zero attached hydrogens (tertiary/aromatic N) is 1.